The van der Waals surface area contributed by atoms with E-state index in [1.54, 1.807) is 18.9 Å². The van der Waals surface area contributed by atoms with E-state index in [4.69, 9.17) is 15.6 Å². The van der Waals surface area contributed by atoms with E-state index in [0.717, 1.165) is 17.1 Å². The summed E-state index contributed by atoms with van der Waals surface area (Å²) in [5, 5.41) is 9.49. The predicted octanol–water partition coefficient (Wildman–Crippen LogP) is 2.28. The first-order valence-electron chi connectivity index (χ1n) is 5.67. The van der Waals surface area contributed by atoms with Crippen molar-refractivity contribution in [1.82, 2.24) is 0 Å². The predicted molar refractivity (Wildman–Crippen MR) is 72.6 cm³/mol. The van der Waals surface area contributed by atoms with Crippen molar-refractivity contribution in [2.24, 2.45) is 5.73 Å². The molecule has 0 saturated carbocycles. The molecule has 0 fully saturated rings. The van der Waals surface area contributed by atoms with E-state index < -0.39 is 5.54 Å². The molecule has 0 radical (unpaired) electrons. The molecule has 0 aromatic heterocycles. The molecule has 96 valence electrons. The first-order chi connectivity index (χ1) is 7.96. The maximum atomic E-state index is 9.14. The van der Waals surface area contributed by atoms with Crippen LogP contribution in [0.3, 0.4) is 0 Å². The van der Waals surface area contributed by atoms with Crippen LogP contribution in [0.2, 0.25) is 0 Å². The van der Waals surface area contributed by atoms with Gasteiger partial charge < -0.3 is 15.6 Å². The van der Waals surface area contributed by atoms with Gasteiger partial charge in [0.2, 0.25) is 0 Å². The normalized spacial score (nSPS) is 16.3. The van der Waals surface area contributed by atoms with Gasteiger partial charge in [-0.2, -0.15) is 0 Å². The van der Waals surface area contributed by atoms with Crippen LogP contribution in [0, 0.1) is 0 Å². The topological polar surface area (TPSA) is 55.5 Å². The van der Waals surface area contributed by atoms with Gasteiger partial charge in [-0.15, -0.1) is 11.8 Å². The molecule has 0 aliphatic heterocycles. The molecular formula is C13H21NO2S. The van der Waals surface area contributed by atoms with E-state index in [2.05, 4.69) is 13.0 Å². The van der Waals surface area contributed by atoms with Crippen LogP contribution in [0.15, 0.2) is 29.2 Å². The highest BCUT2D eigenvalue weighted by atomic mass is 32.2. The van der Waals surface area contributed by atoms with Crippen LogP contribution in [0.25, 0.3) is 0 Å². The fourth-order valence-electron chi connectivity index (χ4n) is 1.67. The molecule has 0 aliphatic carbocycles. The van der Waals surface area contributed by atoms with Gasteiger partial charge in [-0.1, -0.05) is 13.0 Å². The maximum absolute atomic E-state index is 9.14. The lowest BCUT2D eigenvalue weighted by molar-refractivity contribution is 0.201. The summed E-state index contributed by atoms with van der Waals surface area (Å²) in [5.74, 6) is 0.861. The van der Waals surface area contributed by atoms with Crippen LogP contribution in [-0.4, -0.2) is 29.6 Å². The lowest BCUT2D eigenvalue weighted by Crippen LogP contribution is -2.42. The number of aliphatic hydroxyl groups is 1. The van der Waals surface area contributed by atoms with Gasteiger partial charge >= 0.3 is 0 Å². The molecule has 0 bridgehead atoms. The monoisotopic (exact) mass is 255 g/mol. The number of nitrogens with two attached hydrogens (primary N) is 1. The quantitative estimate of drug-likeness (QED) is 0.766. The molecule has 0 amide bonds. The van der Waals surface area contributed by atoms with E-state index in [1.165, 1.54) is 0 Å². The Hall–Kier alpha value is -0.710. The van der Waals surface area contributed by atoms with Crippen LogP contribution < -0.4 is 10.5 Å². The fourth-order valence-corrected chi connectivity index (χ4v) is 2.94. The smallest absolute Gasteiger partial charge is 0.119 e. The number of hydrogen-bond acceptors (Lipinski definition) is 4. The first kappa shape index (κ1) is 14.4. The minimum atomic E-state index is -0.509. The molecule has 1 aromatic carbocycles. The van der Waals surface area contributed by atoms with Crippen LogP contribution in [-0.2, 0) is 0 Å². The highest BCUT2D eigenvalue weighted by Crippen LogP contribution is 2.29. The first-order valence-corrected chi connectivity index (χ1v) is 6.55. The summed E-state index contributed by atoms with van der Waals surface area (Å²) in [6.45, 7) is 4.00. The highest BCUT2D eigenvalue weighted by molar-refractivity contribution is 7.99. The molecule has 3 N–H and O–H groups in total. The molecule has 0 spiro atoms. The molecule has 0 saturated heterocycles. The van der Waals surface area contributed by atoms with Crippen molar-refractivity contribution in [1.29, 1.82) is 0 Å². The third-order valence-electron chi connectivity index (χ3n) is 2.49. The molecule has 2 unspecified atom stereocenters. The standard InChI is InChI=1S/C13H21NO2S/c1-10(8-13(2,14)9-15)17-12-6-4-5-11(7-12)16-3/h4-7,10,15H,8-9,14H2,1-3H3. The zero-order chi connectivity index (χ0) is 12.9. The van der Waals surface area contributed by atoms with Crippen molar-refractivity contribution >= 4 is 11.8 Å². The molecule has 17 heavy (non-hydrogen) atoms. The Morgan fingerprint density at radius 2 is 2.24 bits per heavy atom. The Kier molecular flexibility index (Phi) is 5.31. The zero-order valence-corrected chi connectivity index (χ0v) is 11.5. The SMILES string of the molecule is COc1cccc(SC(C)CC(C)(N)CO)c1. The Bertz CT molecular complexity index is 355. The van der Waals surface area contributed by atoms with E-state index in [9.17, 15) is 0 Å². The van der Waals surface area contributed by atoms with Crippen molar-refractivity contribution in [3.05, 3.63) is 24.3 Å². The van der Waals surface area contributed by atoms with Crippen LogP contribution in [0.5, 0.6) is 5.75 Å². The largest absolute Gasteiger partial charge is 0.497 e. The van der Waals surface area contributed by atoms with Crippen molar-refractivity contribution in [3.8, 4) is 5.75 Å². The summed E-state index contributed by atoms with van der Waals surface area (Å²) in [5.41, 5.74) is 5.43. The molecule has 0 heterocycles. The Morgan fingerprint density at radius 1 is 1.53 bits per heavy atom. The third-order valence-corrected chi connectivity index (χ3v) is 3.59. The van der Waals surface area contributed by atoms with Crippen molar-refractivity contribution in [2.45, 2.75) is 36.0 Å². The lowest BCUT2D eigenvalue weighted by Gasteiger charge is -2.25. The second kappa shape index (κ2) is 6.28. The van der Waals surface area contributed by atoms with Gasteiger partial charge in [0.1, 0.15) is 5.75 Å². The molecule has 1 aromatic rings. The number of ether oxygens (including phenoxy) is 1. The molecule has 3 nitrogen and oxygen atoms in total. The van der Waals surface area contributed by atoms with E-state index in [1.807, 2.05) is 25.1 Å². The fraction of sp³-hybridized carbons (Fsp3) is 0.538. The number of hydrogen-bond donors (Lipinski definition) is 2. The van der Waals surface area contributed by atoms with Crippen molar-refractivity contribution in [2.75, 3.05) is 13.7 Å². The zero-order valence-electron chi connectivity index (χ0n) is 10.6. The van der Waals surface area contributed by atoms with E-state index in [-0.39, 0.29) is 6.61 Å². The summed E-state index contributed by atoms with van der Waals surface area (Å²) in [7, 11) is 1.66. The molecule has 1 rings (SSSR count). The second-order valence-electron chi connectivity index (χ2n) is 4.62. The van der Waals surface area contributed by atoms with E-state index >= 15 is 0 Å². The van der Waals surface area contributed by atoms with Gasteiger partial charge in [0, 0.05) is 15.7 Å². The average molecular weight is 255 g/mol. The number of thioether (sulfide) groups is 1. The lowest BCUT2D eigenvalue weighted by atomic mass is 9.99. The minimum absolute atomic E-state index is 0.00993. The average Bonchev–Trinajstić information content (AvgIpc) is 2.28. The van der Waals surface area contributed by atoms with Gasteiger partial charge in [0.15, 0.2) is 0 Å². The number of benzene rings is 1. The molecular weight excluding hydrogens is 234 g/mol. The van der Waals surface area contributed by atoms with Crippen molar-refractivity contribution in [3.63, 3.8) is 0 Å². The van der Waals surface area contributed by atoms with Crippen LogP contribution in [0.1, 0.15) is 20.3 Å². The summed E-state index contributed by atoms with van der Waals surface area (Å²) in [4.78, 5) is 1.16. The summed E-state index contributed by atoms with van der Waals surface area (Å²) in [6.07, 6.45) is 0.769. The van der Waals surface area contributed by atoms with E-state index in [0.29, 0.717) is 5.25 Å². The van der Waals surface area contributed by atoms with Gasteiger partial charge in [-0.25, -0.2) is 0 Å². The Labute approximate surface area is 107 Å². The van der Waals surface area contributed by atoms with Gasteiger partial charge in [-0.05, 0) is 31.5 Å². The molecule has 0 aliphatic rings. The van der Waals surface area contributed by atoms with Crippen molar-refractivity contribution < 1.29 is 9.84 Å². The molecule has 4 heteroatoms. The summed E-state index contributed by atoms with van der Waals surface area (Å²) < 4.78 is 5.18. The Morgan fingerprint density at radius 3 is 2.82 bits per heavy atom. The minimum Gasteiger partial charge on any atom is -0.497 e. The number of aliphatic hydroxyl groups excluding tert-OH is 1. The highest BCUT2D eigenvalue weighted by Gasteiger charge is 2.21. The number of rotatable bonds is 6. The second-order valence-corrected chi connectivity index (χ2v) is 6.14. The van der Waals surface area contributed by atoms with Gasteiger partial charge in [0.05, 0.1) is 13.7 Å². The van der Waals surface area contributed by atoms with Crippen LogP contribution >= 0.6 is 11.8 Å². The van der Waals surface area contributed by atoms with Gasteiger partial charge in [0.25, 0.3) is 0 Å². The summed E-state index contributed by atoms with van der Waals surface area (Å²) >= 11 is 1.74. The Balaban J connectivity index is 2.58. The van der Waals surface area contributed by atoms with Gasteiger partial charge in [-0.3, -0.25) is 0 Å². The third kappa shape index (κ3) is 4.98. The van der Waals surface area contributed by atoms with Crippen LogP contribution in [0.4, 0.5) is 0 Å². The number of methoxy groups -OCH3 is 1. The maximum Gasteiger partial charge on any atom is 0.119 e. The molecule has 2 atom stereocenters. The summed E-state index contributed by atoms with van der Waals surface area (Å²) in [6, 6.07) is 7.96.